The van der Waals surface area contributed by atoms with Crippen LogP contribution >= 0.6 is 0 Å². The maximum atomic E-state index is 10.6. The van der Waals surface area contributed by atoms with E-state index in [1.54, 1.807) is 0 Å². The zero-order valence-electron chi connectivity index (χ0n) is 23.2. The molecule has 1 fully saturated rings. The molecule has 1 saturated heterocycles. The van der Waals surface area contributed by atoms with Crippen molar-refractivity contribution >= 4 is 0 Å². The second-order valence-corrected chi connectivity index (χ2v) is 10.2. The van der Waals surface area contributed by atoms with Gasteiger partial charge >= 0.3 is 0 Å². The highest BCUT2D eigenvalue weighted by atomic mass is 16.7. The Morgan fingerprint density at radius 3 is 1.39 bits per heavy atom. The number of hydrogen-bond donors (Lipinski definition) is 1. The molecule has 5 rings (SSSR count). The summed E-state index contributed by atoms with van der Waals surface area (Å²) < 4.78 is 32.0. The molecule has 0 spiro atoms. The van der Waals surface area contributed by atoms with Crippen molar-refractivity contribution in [1.29, 1.82) is 0 Å². The lowest BCUT2D eigenvalue weighted by Crippen LogP contribution is -2.59. The molecule has 4 aromatic carbocycles. The summed E-state index contributed by atoms with van der Waals surface area (Å²) in [5.41, 5.74) is 4.17. The fraction of sp³-hybridized carbons (Fsp3) is 0.314. The van der Waals surface area contributed by atoms with Crippen molar-refractivity contribution in [2.75, 3.05) is 13.2 Å². The van der Waals surface area contributed by atoms with Crippen LogP contribution in [-0.2, 0) is 50.1 Å². The van der Waals surface area contributed by atoms with Crippen LogP contribution < -0.4 is 0 Å². The SMILES string of the molecule is OC[C@H]1[C@H](OCc2ccccc2)[C@@H](OCc2ccccc2)[C@@H](OCc2ccccc2)O[C@@H]1COCc1ccccc1. The molecule has 0 bridgehead atoms. The number of rotatable bonds is 14. The van der Waals surface area contributed by atoms with Gasteiger partial charge in [-0.15, -0.1) is 0 Å². The predicted octanol–water partition coefficient (Wildman–Crippen LogP) is 5.92. The van der Waals surface area contributed by atoms with Crippen LogP contribution in [-0.4, -0.2) is 42.9 Å². The normalized spacial score (nSPS) is 22.4. The van der Waals surface area contributed by atoms with Gasteiger partial charge in [-0.3, -0.25) is 0 Å². The molecule has 1 aliphatic heterocycles. The van der Waals surface area contributed by atoms with Gasteiger partial charge < -0.3 is 28.8 Å². The van der Waals surface area contributed by atoms with Gasteiger partial charge in [-0.1, -0.05) is 121 Å². The fourth-order valence-electron chi connectivity index (χ4n) is 5.02. The minimum Gasteiger partial charge on any atom is -0.396 e. The first-order valence-corrected chi connectivity index (χ1v) is 14.1. The molecule has 4 aromatic rings. The summed E-state index contributed by atoms with van der Waals surface area (Å²) in [6.07, 6.45) is -2.26. The summed E-state index contributed by atoms with van der Waals surface area (Å²) in [4.78, 5) is 0. The summed E-state index contributed by atoms with van der Waals surface area (Å²) >= 11 is 0. The van der Waals surface area contributed by atoms with Crippen molar-refractivity contribution in [3.8, 4) is 0 Å². The average Bonchev–Trinajstić information content (AvgIpc) is 3.04. The first-order valence-electron chi connectivity index (χ1n) is 14.1. The third kappa shape index (κ3) is 8.57. The summed E-state index contributed by atoms with van der Waals surface area (Å²) in [6, 6.07) is 40.0. The van der Waals surface area contributed by atoms with Crippen molar-refractivity contribution in [1.82, 2.24) is 0 Å². The number of ether oxygens (including phenoxy) is 5. The Morgan fingerprint density at radius 1 is 0.512 bits per heavy atom. The van der Waals surface area contributed by atoms with Gasteiger partial charge in [0.25, 0.3) is 0 Å². The van der Waals surface area contributed by atoms with Crippen molar-refractivity contribution in [3.63, 3.8) is 0 Å². The fourth-order valence-corrected chi connectivity index (χ4v) is 5.02. The van der Waals surface area contributed by atoms with Crippen LogP contribution in [0, 0.1) is 5.92 Å². The Balaban J connectivity index is 1.37. The highest BCUT2D eigenvalue weighted by Gasteiger charge is 2.48. The summed E-state index contributed by atoms with van der Waals surface area (Å²) in [7, 11) is 0. The van der Waals surface area contributed by atoms with Crippen LogP contribution in [0.5, 0.6) is 0 Å². The predicted molar refractivity (Wildman–Crippen MR) is 157 cm³/mol. The zero-order valence-corrected chi connectivity index (χ0v) is 23.2. The number of aliphatic hydroxyl groups excluding tert-OH is 1. The van der Waals surface area contributed by atoms with Gasteiger partial charge in [0.05, 0.1) is 51.8 Å². The van der Waals surface area contributed by atoms with Gasteiger partial charge in [0.1, 0.15) is 6.10 Å². The Hall–Kier alpha value is -3.36. The van der Waals surface area contributed by atoms with E-state index in [9.17, 15) is 5.11 Å². The standard InChI is InChI=1S/C35H38O6/c36-21-31-32(26-37-22-27-13-5-1-6-14-27)41-35(40-25-30-19-11-4-12-20-30)34(39-24-29-17-9-3-10-18-29)33(31)38-23-28-15-7-2-8-16-28/h1-20,31-36H,21-26H2/t31-,32-,33+,34-,35+/m1/s1. The minimum atomic E-state index is -0.729. The van der Waals surface area contributed by atoms with E-state index in [2.05, 4.69) is 0 Å². The van der Waals surface area contributed by atoms with E-state index in [0.717, 1.165) is 22.3 Å². The highest BCUT2D eigenvalue weighted by molar-refractivity contribution is 5.16. The van der Waals surface area contributed by atoms with E-state index >= 15 is 0 Å². The lowest BCUT2D eigenvalue weighted by Gasteiger charge is -2.45. The van der Waals surface area contributed by atoms with Gasteiger partial charge in [0, 0.05) is 5.92 Å². The first kappa shape index (κ1) is 29.1. The van der Waals surface area contributed by atoms with E-state index in [1.165, 1.54) is 0 Å². The monoisotopic (exact) mass is 554 g/mol. The summed E-state index contributed by atoms with van der Waals surface area (Å²) in [5.74, 6) is -0.383. The number of hydrogen-bond acceptors (Lipinski definition) is 6. The van der Waals surface area contributed by atoms with Gasteiger partial charge in [0.15, 0.2) is 6.29 Å². The third-order valence-electron chi connectivity index (χ3n) is 7.23. The van der Waals surface area contributed by atoms with Crippen LogP contribution in [0.2, 0.25) is 0 Å². The Bertz CT molecular complexity index is 1260. The van der Waals surface area contributed by atoms with Crippen molar-refractivity contribution in [3.05, 3.63) is 144 Å². The van der Waals surface area contributed by atoms with Crippen LogP contribution in [0.25, 0.3) is 0 Å². The topological polar surface area (TPSA) is 66.4 Å². The van der Waals surface area contributed by atoms with Crippen LogP contribution in [0.15, 0.2) is 121 Å². The molecule has 41 heavy (non-hydrogen) atoms. The van der Waals surface area contributed by atoms with E-state index in [1.807, 2.05) is 121 Å². The lowest BCUT2D eigenvalue weighted by atomic mass is 9.89. The lowest BCUT2D eigenvalue weighted by molar-refractivity contribution is -0.317. The van der Waals surface area contributed by atoms with E-state index in [4.69, 9.17) is 23.7 Å². The molecule has 6 nitrogen and oxygen atoms in total. The average molecular weight is 555 g/mol. The Morgan fingerprint density at radius 2 is 0.927 bits per heavy atom. The molecule has 0 amide bonds. The zero-order chi connectivity index (χ0) is 28.1. The second-order valence-electron chi connectivity index (χ2n) is 10.2. The van der Waals surface area contributed by atoms with Gasteiger partial charge in [-0.25, -0.2) is 0 Å². The Labute approximate surface area is 242 Å². The maximum absolute atomic E-state index is 10.6. The second kappa shape index (κ2) is 15.6. The quantitative estimate of drug-likeness (QED) is 0.209. The molecule has 1 heterocycles. The van der Waals surface area contributed by atoms with Gasteiger partial charge in [-0.2, -0.15) is 0 Å². The van der Waals surface area contributed by atoms with Crippen LogP contribution in [0.1, 0.15) is 22.3 Å². The molecule has 1 aliphatic rings. The molecule has 214 valence electrons. The largest absolute Gasteiger partial charge is 0.396 e. The van der Waals surface area contributed by atoms with E-state index in [0.29, 0.717) is 26.4 Å². The maximum Gasteiger partial charge on any atom is 0.187 e. The van der Waals surface area contributed by atoms with E-state index in [-0.39, 0.29) is 19.1 Å². The van der Waals surface area contributed by atoms with Crippen LogP contribution in [0.4, 0.5) is 0 Å². The molecule has 6 heteroatoms. The molecule has 0 aromatic heterocycles. The molecular formula is C35H38O6. The van der Waals surface area contributed by atoms with Crippen LogP contribution in [0.3, 0.4) is 0 Å². The molecule has 5 atom stereocenters. The Kier molecular flexibility index (Phi) is 11.1. The molecule has 1 N–H and O–H groups in total. The summed E-state index contributed by atoms with van der Waals surface area (Å²) in [5, 5.41) is 10.6. The first-order chi connectivity index (χ1) is 20.3. The molecule has 0 aliphatic carbocycles. The van der Waals surface area contributed by atoms with E-state index < -0.39 is 24.6 Å². The summed E-state index contributed by atoms with van der Waals surface area (Å²) in [6.45, 7) is 1.66. The molecule has 0 radical (unpaired) electrons. The number of benzene rings is 4. The number of aliphatic hydroxyl groups is 1. The van der Waals surface area contributed by atoms with Crippen molar-refractivity contribution in [2.24, 2.45) is 5.92 Å². The van der Waals surface area contributed by atoms with Crippen molar-refractivity contribution in [2.45, 2.75) is 51.0 Å². The van der Waals surface area contributed by atoms with Crippen molar-refractivity contribution < 1.29 is 28.8 Å². The molecular weight excluding hydrogens is 516 g/mol. The smallest absolute Gasteiger partial charge is 0.187 e. The van der Waals surface area contributed by atoms with Gasteiger partial charge in [0.2, 0.25) is 0 Å². The minimum absolute atomic E-state index is 0.143. The molecule has 0 saturated carbocycles. The van der Waals surface area contributed by atoms with Gasteiger partial charge in [-0.05, 0) is 22.3 Å². The third-order valence-corrected chi connectivity index (χ3v) is 7.23. The highest BCUT2D eigenvalue weighted by Crippen LogP contribution is 2.33. The molecule has 0 unspecified atom stereocenters.